The van der Waals surface area contributed by atoms with Crippen LogP contribution in [-0.4, -0.2) is 22.0 Å². The molecule has 17 heavy (non-hydrogen) atoms. The first-order valence-corrected chi connectivity index (χ1v) is 4.99. The van der Waals surface area contributed by atoms with Crippen molar-refractivity contribution in [3.05, 3.63) is 53.1 Å². The first-order chi connectivity index (χ1) is 8.02. The fourth-order valence-electron chi connectivity index (χ4n) is 1.03. The van der Waals surface area contributed by atoms with Gasteiger partial charge >= 0.3 is 5.97 Å². The number of halogens is 1. The van der Waals surface area contributed by atoms with Crippen LogP contribution in [0.15, 0.2) is 47.5 Å². The van der Waals surface area contributed by atoms with Crippen LogP contribution in [0.4, 0.5) is 0 Å². The number of hydrogen-bond donors (Lipinski definition) is 2. The van der Waals surface area contributed by atoms with Gasteiger partial charge in [0.1, 0.15) is 5.76 Å². The molecular formula is C12H9ClO4. The maximum absolute atomic E-state index is 10.8. The monoisotopic (exact) mass is 252 g/mol. The van der Waals surface area contributed by atoms with Crippen LogP contribution in [0.25, 0.3) is 5.76 Å². The Bertz CT molecular complexity index is 488. The number of carbonyl (C=O) groups is 2. The molecule has 0 bridgehead atoms. The molecule has 4 nitrogen and oxygen atoms in total. The number of aliphatic carboxylic acids is 1. The van der Waals surface area contributed by atoms with Gasteiger partial charge in [0.15, 0.2) is 0 Å². The zero-order valence-electron chi connectivity index (χ0n) is 8.63. The van der Waals surface area contributed by atoms with Gasteiger partial charge in [-0.25, -0.2) is 4.79 Å². The SMILES string of the molecule is O=C(O)C(=O)/C=C/C(Cl)=C(\O)c1ccccc1. The van der Waals surface area contributed by atoms with Crippen molar-refractivity contribution < 1.29 is 19.8 Å². The molecule has 0 atom stereocenters. The van der Waals surface area contributed by atoms with E-state index < -0.39 is 11.8 Å². The molecule has 1 aromatic rings. The normalized spacial score (nSPS) is 12.3. The van der Waals surface area contributed by atoms with Crippen molar-refractivity contribution in [2.75, 3.05) is 0 Å². The molecule has 0 saturated heterocycles. The Morgan fingerprint density at radius 1 is 1.06 bits per heavy atom. The van der Waals surface area contributed by atoms with Crippen LogP contribution >= 0.6 is 11.6 Å². The minimum absolute atomic E-state index is 0.106. The van der Waals surface area contributed by atoms with Gasteiger partial charge in [-0.15, -0.1) is 0 Å². The Labute approximate surface area is 102 Å². The molecule has 88 valence electrons. The van der Waals surface area contributed by atoms with Crippen molar-refractivity contribution in [2.45, 2.75) is 0 Å². The molecule has 0 heterocycles. The quantitative estimate of drug-likeness (QED) is 0.373. The summed E-state index contributed by atoms with van der Waals surface area (Å²) in [6, 6.07) is 8.45. The average Bonchev–Trinajstić information content (AvgIpc) is 2.35. The number of hydrogen-bond acceptors (Lipinski definition) is 3. The standard InChI is InChI=1S/C12H9ClO4/c13-9(6-7-10(14)12(16)17)11(15)8-4-2-1-3-5-8/h1-7,15H,(H,16,17)/b7-6+,11-9+. The van der Waals surface area contributed by atoms with Crippen LogP contribution in [0.3, 0.4) is 0 Å². The molecule has 0 aliphatic heterocycles. The number of aliphatic hydroxyl groups is 1. The van der Waals surface area contributed by atoms with E-state index in [-0.39, 0.29) is 10.8 Å². The summed E-state index contributed by atoms with van der Waals surface area (Å²) >= 11 is 5.71. The lowest BCUT2D eigenvalue weighted by atomic mass is 10.2. The summed E-state index contributed by atoms with van der Waals surface area (Å²) < 4.78 is 0. The number of ketones is 1. The molecule has 1 aromatic carbocycles. The zero-order chi connectivity index (χ0) is 12.8. The number of carboxylic acids is 1. The predicted octanol–water partition coefficient (Wildman–Crippen LogP) is 2.36. The zero-order valence-corrected chi connectivity index (χ0v) is 9.39. The lowest BCUT2D eigenvalue weighted by molar-refractivity contribution is -0.146. The van der Waals surface area contributed by atoms with E-state index in [1.807, 2.05) is 0 Å². The predicted molar refractivity (Wildman–Crippen MR) is 63.6 cm³/mol. The summed E-state index contributed by atoms with van der Waals surface area (Å²) in [5, 5.41) is 17.9. The fourth-order valence-corrected chi connectivity index (χ4v) is 1.21. The van der Waals surface area contributed by atoms with Gasteiger partial charge < -0.3 is 10.2 Å². The first kappa shape index (κ1) is 13.0. The average molecular weight is 253 g/mol. The third kappa shape index (κ3) is 3.77. The van der Waals surface area contributed by atoms with E-state index in [1.165, 1.54) is 0 Å². The van der Waals surface area contributed by atoms with Crippen LogP contribution in [-0.2, 0) is 9.59 Å². The van der Waals surface area contributed by atoms with Gasteiger partial charge in [-0.2, -0.15) is 0 Å². The summed E-state index contributed by atoms with van der Waals surface area (Å²) in [6.45, 7) is 0. The lowest BCUT2D eigenvalue weighted by Gasteiger charge is -2.00. The summed E-state index contributed by atoms with van der Waals surface area (Å²) in [5.74, 6) is -2.91. The molecule has 1 rings (SSSR count). The van der Waals surface area contributed by atoms with Gasteiger partial charge in [0.25, 0.3) is 5.78 Å². The number of allylic oxidation sites excluding steroid dienone is 2. The molecule has 0 radical (unpaired) electrons. The molecule has 0 aromatic heterocycles. The highest BCUT2D eigenvalue weighted by Crippen LogP contribution is 2.19. The van der Waals surface area contributed by atoms with Crippen LogP contribution in [0.2, 0.25) is 0 Å². The van der Waals surface area contributed by atoms with Crippen molar-refractivity contribution in [3.63, 3.8) is 0 Å². The topological polar surface area (TPSA) is 74.6 Å². The second-order valence-corrected chi connectivity index (χ2v) is 3.47. The Morgan fingerprint density at radius 3 is 2.18 bits per heavy atom. The molecule has 0 unspecified atom stereocenters. The van der Waals surface area contributed by atoms with E-state index in [9.17, 15) is 14.7 Å². The largest absolute Gasteiger partial charge is 0.506 e. The molecule has 0 amide bonds. The van der Waals surface area contributed by atoms with E-state index in [4.69, 9.17) is 16.7 Å². The van der Waals surface area contributed by atoms with Gasteiger partial charge in [-0.3, -0.25) is 4.79 Å². The maximum Gasteiger partial charge on any atom is 0.376 e. The van der Waals surface area contributed by atoms with Crippen molar-refractivity contribution >= 4 is 29.1 Å². The fraction of sp³-hybridized carbons (Fsp3) is 0. The van der Waals surface area contributed by atoms with E-state index in [1.54, 1.807) is 30.3 Å². The smallest absolute Gasteiger partial charge is 0.376 e. The van der Waals surface area contributed by atoms with Gasteiger partial charge in [-0.1, -0.05) is 41.9 Å². The van der Waals surface area contributed by atoms with Gasteiger partial charge in [-0.05, 0) is 12.2 Å². The number of benzene rings is 1. The minimum atomic E-state index is -1.58. The maximum atomic E-state index is 10.8. The summed E-state index contributed by atoms with van der Waals surface area (Å²) in [7, 11) is 0. The van der Waals surface area contributed by atoms with Crippen LogP contribution in [0.5, 0.6) is 0 Å². The van der Waals surface area contributed by atoms with E-state index >= 15 is 0 Å². The van der Waals surface area contributed by atoms with E-state index in [0.717, 1.165) is 12.2 Å². The van der Waals surface area contributed by atoms with Crippen molar-refractivity contribution in [3.8, 4) is 0 Å². The van der Waals surface area contributed by atoms with Crippen LogP contribution < -0.4 is 0 Å². The van der Waals surface area contributed by atoms with Crippen molar-refractivity contribution in [1.29, 1.82) is 0 Å². The summed E-state index contributed by atoms with van der Waals surface area (Å²) in [4.78, 5) is 21.0. The van der Waals surface area contributed by atoms with Crippen LogP contribution in [0.1, 0.15) is 5.56 Å². The molecule has 2 N–H and O–H groups in total. The highest BCUT2D eigenvalue weighted by Gasteiger charge is 2.07. The minimum Gasteiger partial charge on any atom is -0.506 e. The van der Waals surface area contributed by atoms with E-state index in [2.05, 4.69) is 0 Å². The molecule has 0 spiro atoms. The lowest BCUT2D eigenvalue weighted by Crippen LogP contribution is -2.08. The molecule has 5 heteroatoms. The summed E-state index contributed by atoms with van der Waals surface area (Å²) in [5.41, 5.74) is 0.477. The number of rotatable bonds is 4. The van der Waals surface area contributed by atoms with Gasteiger partial charge in [0.2, 0.25) is 0 Å². The number of aliphatic hydroxyl groups excluding tert-OH is 1. The van der Waals surface area contributed by atoms with Gasteiger partial charge in [0, 0.05) is 5.56 Å². The summed E-state index contributed by atoms with van der Waals surface area (Å²) in [6.07, 6.45) is 1.82. The highest BCUT2D eigenvalue weighted by atomic mass is 35.5. The van der Waals surface area contributed by atoms with E-state index in [0.29, 0.717) is 5.56 Å². The second-order valence-electron chi connectivity index (χ2n) is 3.07. The van der Waals surface area contributed by atoms with Crippen molar-refractivity contribution in [2.24, 2.45) is 0 Å². The molecule has 0 saturated carbocycles. The Hall–Kier alpha value is -2.07. The third-order valence-corrected chi connectivity index (χ3v) is 2.17. The Balaban J connectivity index is 2.92. The number of carboxylic acid groups (broad SMARTS) is 1. The third-order valence-electron chi connectivity index (χ3n) is 1.87. The first-order valence-electron chi connectivity index (χ1n) is 4.62. The van der Waals surface area contributed by atoms with Crippen LogP contribution in [0, 0.1) is 0 Å². The molecule has 0 aliphatic rings. The second kappa shape index (κ2) is 5.86. The molecule has 0 aliphatic carbocycles. The Morgan fingerprint density at radius 2 is 1.65 bits per heavy atom. The highest BCUT2D eigenvalue weighted by molar-refractivity contribution is 6.39. The molecular weight excluding hydrogens is 244 g/mol. The van der Waals surface area contributed by atoms with Gasteiger partial charge in [0.05, 0.1) is 5.03 Å². The van der Waals surface area contributed by atoms with Crippen molar-refractivity contribution in [1.82, 2.24) is 0 Å². The molecule has 0 fully saturated rings. The Kier molecular flexibility index (Phi) is 4.48. The number of carbonyl (C=O) groups excluding carboxylic acids is 1.